The first-order valence-corrected chi connectivity index (χ1v) is 4.54. The number of hydrogen-bond acceptors (Lipinski definition) is 5. The Morgan fingerprint density at radius 1 is 1.38 bits per heavy atom. The van der Waals surface area contributed by atoms with Gasteiger partial charge in [-0.05, 0) is 19.3 Å². The number of anilines is 1. The molecule has 5 nitrogen and oxygen atoms in total. The third kappa shape index (κ3) is 2.18. The third-order valence-corrected chi connectivity index (χ3v) is 2.16. The van der Waals surface area contributed by atoms with Crippen LogP contribution in [0.1, 0.15) is 25.2 Å². The highest BCUT2D eigenvalue weighted by Crippen LogP contribution is 2.16. The lowest BCUT2D eigenvalue weighted by Gasteiger charge is -2.20. The lowest BCUT2D eigenvalue weighted by Crippen LogP contribution is -2.21. The zero-order chi connectivity index (χ0) is 9.10. The van der Waals surface area contributed by atoms with Crippen molar-refractivity contribution in [2.45, 2.75) is 31.8 Å². The van der Waals surface area contributed by atoms with Gasteiger partial charge in [0, 0.05) is 6.61 Å². The highest BCUT2D eigenvalue weighted by Gasteiger charge is 2.17. The Balaban J connectivity index is 1.89. The van der Waals surface area contributed by atoms with E-state index in [9.17, 15) is 0 Å². The summed E-state index contributed by atoms with van der Waals surface area (Å²) in [7, 11) is 0. The fourth-order valence-corrected chi connectivity index (χ4v) is 1.51. The molecule has 0 spiro atoms. The molecule has 1 aromatic rings. The van der Waals surface area contributed by atoms with Gasteiger partial charge < -0.3 is 14.9 Å². The average molecular weight is 183 g/mol. The predicted octanol–water partition coefficient (Wildman–Crippen LogP) is 0.763. The lowest BCUT2D eigenvalue weighted by molar-refractivity contribution is 0.0133. The second kappa shape index (κ2) is 3.74. The van der Waals surface area contributed by atoms with E-state index in [-0.39, 0.29) is 12.1 Å². The van der Waals surface area contributed by atoms with Crippen molar-refractivity contribution < 1.29 is 9.15 Å². The van der Waals surface area contributed by atoms with Crippen molar-refractivity contribution >= 4 is 6.01 Å². The van der Waals surface area contributed by atoms with Crippen LogP contribution in [0, 0.1) is 0 Å². The molecular weight excluding hydrogens is 170 g/mol. The van der Waals surface area contributed by atoms with Gasteiger partial charge in [-0.3, -0.25) is 0 Å². The van der Waals surface area contributed by atoms with Crippen molar-refractivity contribution in [3.8, 4) is 0 Å². The Kier molecular flexibility index (Phi) is 2.44. The zero-order valence-corrected chi connectivity index (χ0v) is 7.40. The van der Waals surface area contributed by atoms with E-state index in [2.05, 4.69) is 10.2 Å². The monoisotopic (exact) mass is 183 g/mol. The topological polar surface area (TPSA) is 74.2 Å². The second-order valence-electron chi connectivity index (χ2n) is 3.23. The fraction of sp³-hybridized carbons (Fsp3) is 0.750. The molecule has 1 aromatic heterocycles. The van der Waals surface area contributed by atoms with E-state index in [0.717, 1.165) is 19.4 Å². The van der Waals surface area contributed by atoms with E-state index in [1.165, 1.54) is 6.42 Å². The molecule has 0 aromatic carbocycles. The second-order valence-corrected chi connectivity index (χ2v) is 3.23. The minimum Gasteiger partial charge on any atom is -0.408 e. The van der Waals surface area contributed by atoms with Crippen LogP contribution in [-0.2, 0) is 11.2 Å². The van der Waals surface area contributed by atoms with E-state index in [4.69, 9.17) is 14.9 Å². The van der Waals surface area contributed by atoms with Crippen LogP contribution in [0.15, 0.2) is 4.42 Å². The Bertz CT molecular complexity index is 268. The van der Waals surface area contributed by atoms with Crippen molar-refractivity contribution in [3.63, 3.8) is 0 Å². The number of nitrogens with two attached hydrogens (primary N) is 1. The van der Waals surface area contributed by atoms with Crippen LogP contribution in [0.4, 0.5) is 6.01 Å². The maximum absolute atomic E-state index is 5.52. The van der Waals surface area contributed by atoms with Gasteiger partial charge in [0.2, 0.25) is 5.89 Å². The molecule has 1 atom stereocenters. The van der Waals surface area contributed by atoms with Gasteiger partial charge in [-0.2, -0.15) is 0 Å². The van der Waals surface area contributed by atoms with Crippen LogP contribution in [-0.4, -0.2) is 22.9 Å². The number of nitrogen functional groups attached to an aromatic ring is 1. The third-order valence-electron chi connectivity index (χ3n) is 2.16. The number of rotatable bonds is 2. The van der Waals surface area contributed by atoms with Gasteiger partial charge in [0.05, 0.1) is 12.5 Å². The summed E-state index contributed by atoms with van der Waals surface area (Å²) >= 11 is 0. The van der Waals surface area contributed by atoms with Gasteiger partial charge in [0.1, 0.15) is 0 Å². The largest absolute Gasteiger partial charge is 0.408 e. The Morgan fingerprint density at radius 2 is 2.31 bits per heavy atom. The minimum atomic E-state index is 0.130. The average Bonchev–Trinajstić information content (AvgIpc) is 2.53. The molecule has 0 bridgehead atoms. The summed E-state index contributed by atoms with van der Waals surface area (Å²) in [5, 5.41) is 7.38. The SMILES string of the molecule is Nc1nnc(CC2CCCCO2)o1. The smallest absolute Gasteiger partial charge is 0.312 e. The zero-order valence-electron chi connectivity index (χ0n) is 7.40. The quantitative estimate of drug-likeness (QED) is 0.732. The Hall–Kier alpha value is -1.10. The molecule has 0 saturated carbocycles. The molecule has 2 rings (SSSR count). The number of aromatic nitrogens is 2. The lowest BCUT2D eigenvalue weighted by atomic mass is 10.1. The Labute approximate surface area is 76.3 Å². The van der Waals surface area contributed by atoms with Crippen LogP contribution in [0.3, 0.4) is 0 Å². The first kappa shape index (κ1) is 8.50. The van der Waals surface area contributed by atoms with E-state index in [1.54, 1.807) is 0 Å². The summed E-state index contributed by atoms with van der Waals surface area (Å²) in [4.78, 5) is 0. The van der Waals surface area contributed by atoms with Crippen LogP contribution in [0.5, 0.6) is 0 Å². The van der Waals surface area contributed by atoms with Gasteiger partial charge in [-0.25, -0.2) is 0 Å². The minimum absolute atomic E-state index is 0.130. The maximum Gasteiger partial charge on any atom is 0.312 e. The first-order valence-electron chi connectivity index (χ1n) is 4.54. The molecule has 1 saturated heterocycles. The van der Waals surface area contributed by atoms with Crippen molar-refractivity contribution in [1.29, 1.82) is 0 Å². The summed E-state index contributed by atoms with van der Waals surface area (Å²) in [6.07, 6.45) is 4.36. The van der Waals surface area contributed by atoms with E-state index >= 15 is 0 Å². The van der Waals surface area contributed by atoms with Gasteiger partial charge in [0.15, 0.2) is 0 Å². The molecule has 1 unspecified atom stereocenters. The van der Waals surface area contributed by atoms with Crippen LogP contribution in [0.2, 0.25) is 0 Å². The Morgan fingerprint density at radius 3 is 2.92 bits per heavy atom. The summed E-state index contributed by atoms with van der Waals surface area (Å²) in [6.45, 7) is 0.842. The van der Waals surface area contributed by atoms with E-state index in [0.29, 0.717) is 12.3 Å². The molecule has 0 aliphatic carbocycles. The van der Waals surface area contributed by atoms with Crippen molar-refractivity contribution in [1.82, 2.24) is 10.2 Å². The summed E-state index contributed by atoms with van der Waals surface area (Å²) in [5.74, 6) is 0.574. The molecule has 2 N–H and O–H groups in total. The van der Waals surface area contributed by atoms with E-state index < -0.39 is 0 Å². The summed E-state index contributed by atoms with van der Waals surface area (Å²) < 4.78 is 10.6. The van der Waals surface area contributed by atoms with Gasteiger partial charge in [0.25, 0.3) is 0 Å². The molecule has 1 aliphatic heterocycles. The molecule has 13 heavy (non-hydrogen) atoms. The molecule has 1 aliphatic rings. The highest BCUT2D eigenvalue weighted by atomic mass is 16.5. The summed E-state index contributed by atoms with van der Waals surface area (Å²) in [6, 6.07) is 0.130. The van der Waals surface area contributed by atoms with E-state index in [1.807, 2.05) is 0 Å². The fourth-order valence-electron chi connectivity index (χ4n) is 1.51. The van der Waals surface area contributed by atoms with Gasteiger partial charge in [-0.1, -0.05) is 5.10 Å². The molecule has 0 radical (unpaired) electrons. The number of hydrogen-bond donors (Lipinski definition) is 1. The van der Waals surface area contributed by atoms with Crippen LogP contribution >= 0.6 is 0 Å². The predicted molar refractivity (Wildman–Crippen MR) is 46.0 cm³/mol. The summed E-state index contributed by atoms with van der Waals surface area (Å²) in [5.41, 5.74) is 5.30. The molecule has 5 heteroatoms. The molecule has 0 amide bonds. The highest BCUT2D eigenvalue weighted by molar-refractivity contribution is 5.05. The van der Waals surface area contributed by atoms with Crippen molar-refractivity contribution in [3.05, 3.63) is 5.89 Å². The first-order chi connectivity index (χ1) is 6.34. The van der Waals surface area contributed by atoms with Crippen LogP contribution in [0.25, 0.3) is 0 Å². The standard InChI is InChI=1S/C8H13N3O2/c9-8-11-10-7(13-8)5-6-3-1-2-4-12-6/h6H,1-5H2,(H2,9,11). The normalized spacial score (nSPS) is 23.2. The maximum atomic E-state index is 5.52. The number of ether oxygens (including phenoxy) is 1. The number of nitrogens with zero attached hydrogens (tertiary/aromatic N) is 2. The molecule has 1 fully saturated rings. The molecular formula is C8H13N3O2. The van der Waals surface area contributed by atoms with Gasteiger partial charge >= 0.3 is 6.01 Å². The van der Waals surface area contributed by atoms with Crippen LogP contribution < -0.4 is 5.73 Å². The van der Waals surface area contributed by atoms with Crippen molar-refractivity contribution in [2.75, 3.05) is 12.3 Å². The molecule has 72 valence electrons. The molecule has 2 heterocycles. The van der Waals surface area contributed by atoms with Crippen molar-refractivity contribution in [2.24, 2.45) is 0 Å². The van der Waals surface area contributed by atoms with Gasteiger partial charge in [-0.15, -0.1) is 5.10 Å².